The van der Waals surface area contributed by atoms with Gasteiger partial charge in [-0.25, -0.2) is 0 Å². The van der Waals surface area contributed by atoms with Gasteiger partial charge in [0.25, 0.3) is 0 Å². The molecule has 0 fully saturated rings. The maximum atomic E-state index is 11.0. The minimum atomic E-state index is -0.00151. The van der Waals surface area contributed by atoms with Gasteiger partial charge in [-0.15, -0.1) is 5.10 Å². The van der Waals surface area contributed by atoms with Crippen LogP contribution < -0.4 is 11.1 Å². The summed E-state index contributed by atoms with van der Waals surface area (Å²) in [5.41, 5.74) is 5.35. The van der Waals surface area contributed by atoms with Crippen molar-refractivity contribution in [2.24, 2.45) is 0 Å². The Morgan fingerprint density at radius 3 is 3.08 bits per heavy atom. The van der Waals surface area contributed by atoms with Crippen molar-refractivity contribution >= 4 is 11.7 Å². The molecule has 1 aromatic heterocycles. The molecule has 0 bridgehead atoms. The van der Waals surface area contributed by atoms with Crippen LogP contribution in [0.1, 0.15) is 13.3 Å². The molecule has 3 N–H and O–H groups in total. The van der Waals surface area contributed by atoms with E-state index in [4.69, 9.17) is 5.73 Å². The van der Waals surface area contributed by atoms with Crippen molar-refractivity contribution in [3.63, 3.8) is 0 Å². The smallest absolute Gasteiger partial charge is 0.221 e. The Hall–Kier alpha value is -1.59. The molecule has 0 saturated carbocycles. The van der Waals surface area contributed by atoms with Crippen molar-refractivity contribution in [2.75, 3.05) is 12.3 Å². The van der Waals surface area contributed by atoms with Crippen molar-refractivity contribution in [3.8, 4) is 0 Å². The van der Waals surface area contributed by atoms with Gasteiger partial charge in [0, 0.05) is 13.0 Å². The number of rotatable bonds is 4. The predicted molar refractivity (Wildman–Crippen MR) is 47.7 cm³/mol. The molecule has 0 atom stereocenters. The second-order valence-electron chi connectivity index (χ2n) is 2.57. The predicted octanol–water partition coefficient (Wildman–Crippen LogP) is -0.613. The molecule has 13 heavy (non-hydrogen) atoms. The summed E-state index contributed by atoms with van der Waals surface area (Å²) in [6.45, 7) is 2.98. The number of hydrogen-bond acceptors (Lipinski definition) is 4. The van der Waals surface area contributed by atoms with Crippen molar-refractivity contribution in [1.29, 1.82) is 0 Å². The third kappa shape index (κ3) is 3.10. The zero-order chi connectivity index (χ0) is 9.68. The van der Waals surface area contributed by atoms with E-state index in [9.17, 15) is 4.79 Å². The molecule has 0 aromatic carbocycles. The number of anilines is 1. The molecular formula is C7H13N5O. The van der Waals surface area contributed by atoms with E-state index < -0.39 is 0 Å². The van der Waals surface area contributed by atoms with Crippen LogP contribution in [0.4, 0.5) is 5.82 Å². The Kier molecular flexibility index (Phi) is 3.24. The molecule has 0 aliphatic rings. The monoisotopic (exact) mass is 183 g/mol. The number of carbonyl (C=O) groups excluding carboxylic acids is 1. The van der Waals surface area contributed by atoms with Crippen molar-refractivity contribution in [3.05, 3.63) is 6.20 Å². The number of amides is 1. The number of aromatic nitrogens is 3. The molecule has 6 nitrogen and oxygen atoms in total. The van der Waals surface area contributed by atoms with E-state index in [1.165, 1.54) is 11.0 Å². The first-order valence-electron chi connectivity index (χ1n) is 4.14. The minimum absolute atomic E-state index is 0.00151. The lowest BCUT2D eigenvalue weighted by Crippen LogP contribution is -2.24. The van der Waals surface area contributed by atoms with Crippen molar-refractivity contribution in [1.82, 2.24) is 20.3 Å². The van der Waals surface area contributed by atoms with Gasteiger partial charge in [-0.2, -0.15) is 9.90 Å². The van der Waals surface area contributed by atoms with E-state index in [2.05, 4.69) is 15.5 Å². The van der Waals surface area contributed by atoms with Gasteiger partial charge in [0.2, 0.25) is 5.91 Å². The van der Waals surface area contributed by atoms with Gasteiger partial charge in [0.05, 0.1) is 12.7 Å². The summed E-state index contributed by atoms with van der Waals surface area (Å²) in [5.74, 6) is 0.370. The quantitative estimate of drug-likeness (QED) is 0.651. The molecule has 72 valence electrons. The summed E-state index contributed by atoms with van der Waals surface area (Å²) < 4.78 is 0. The second kappa shape index (κ2) is 4.44. The molecule has 0 aliphatic carbocycles. The molecule has 1 rings (SSSR count). The summed E-state index contributed by atoms with van der Waals surface area (Å²) in [5, 5.41) is 10.4. The van der Waals surface area contributed by atoms with Gasteiger partial charge >= 0.3 is 0 Å². The van der Waals surface area contributed by atoms with Gasteiger partial charge in [-0.05, 0) is 6.92 Å². The highest BCUT2D eigenvalue weighted by Gasteiger charge is 2.01. The van der Waals surface area contributed by atoms with Crippen LogP contribution in [0, 0.1) is 0 Å². The molecular weight excluding hydrogens is 170 g/mol. The minimum Gasteiger partial charge on any atom is -0.381 e. The van der Waals surface area contributed by atoms with E-state index in [0.29, 0.717) is 25.3 Å². The first-order valence-corrected chi connectivity index (χ1v) is 4.14. The van der Waals surface area contributed by atoms with Crippen LogP contribution in [0.2, 0.25) is 0 Å². The van der Waals surface area contributed by atoms with Crippen LogP contribution in [0.3, 0.4) is 0 Å². The number of nitrogens with two attached hydrogens (primary N) is 1. The number of nitrogen functional groups attached to an aromatic ring is 1. The highest BCUT2D eigenvalue weighted by atomic mass is 16.1. The largest absolute Gasteiger partial charge is 0.381 e. The third-order valence-electron chi connectivity index (χ3n) is 1.47. The summed E-state index contributed by atoms with van der Waals surface area (Å²) in [4.78, 5) is 12.4. The van der Waals surface area contributed by atoms with Gasteiger partial charge in [0.15, 0.2) is 5.82 Å². The van der Waals surface area contributed by atoms with Gasteiger partial charge in [-0.1, -0.05) is 0 Å². The summed E-state index contributed by atoms with van der Waals surface area (Å²) in [6.07, 6.45) is 1.83. The maximum Gasteiger partial charge on any atom is 0.221 e. The van der Waals surface area contributed by atoms with Crippen LogP contribution >= 0.6 is 0 Å². The molecule has 0 aliphatic heterocycles. The Morgan fingerprint density at radius 2 is 2.54 bits per heavy atom. The molecule has 0 unspecified atom stereocenters. The zero-order valence-electron chi connectivity index (χ0n) is 7.53. The summed E-state index contributed by atoms with van der Waals surface area (Å²) in [6, 6.07) is 0. The van der Waals surface area contributed by atoms with E-state index in [1.807, 2.05) is 6.92 Å². The van der Waals surface area contributed by atoms with E-state index in [0.717, 1.165) is 0 Å². The average Bonchev–Trinajstić information content (AvgIpc) is 2.49. The fraction of sp³-hybridized carbons (Fsp3) is 0.571. The van der Waals surface area contributed by atoms with Crippen LogP contribution in [0.5, 0.6) is 0 Å². The SMILES string of the molecule is CCNC(=O)CCn1ncc(N)n1. The number of hydrogen-bond donors (Lipinski definition) is 2. The maximum absolute atomic E-state index is 11.0. The van der Waals surface area contributed by atoms with Crippen molar-refractivity contribution in [2.45, 2.75) is 19.9 Å². The van der Waals surface area contributed by atoms with Crippen LogP contribution in [0.25, 0.3) is 0 Å². The lowest BCUT2D eigenvalue weighted by molar-refractivity contribution is -0.121. The van der Waals surface area contributed by atoms with Crippen LogP contribution in [0.15, 0.2) is 6.20 Å². The molecule has 0 spiro atoms. The van der Waals surface area contributed by atoms with Gasteiger partial charge < -0.3 is 11.1 Å². The molecule has 0 saturated heterocycles. The first kappa shape index (κ1) is 9.50. The molecule has 1 aromatic rings. The second-order valence-corrected chi connectivity index (χ2v) is 2.57. The topological polar surface area (TPSA) is 85.8 Å². The Balaban J connectivity index is 2.30. The normalized spacial score (nSPS) is 9.92. The zero-order valence-corrected chi connectivity index (χ0v) is 7.53. The van der Waals surface area contributed by atoms with E-state index in [1.54, 1.807) is 0 Å². The number of carbonyl (C=O) groups is 1. The third-order valence-corrected chi connectivity index (χ3v) is 1.47. The molecule has 1 amide bonds. The molecule has 0 radical (unpaired) electrons. The first-order chi connectivity index (χ1) is 6.22. The number of nitrogens with zero attached hydrogens (tertiary/aromatic N) is 3. The highest BCUT2D eigenvalue weighted by molar-refractivity contribution is 5.75. The fourth-order valence-electron chi connectivity index (χ4n) is 0.906. The van der Waals surface area contributed by atoms with Gasteiger partial charge in [0.1, 0.15) is 0 Å². The number of nitrogens with one attached hydrogen (secondary N) is 1. The Bertz CT molecular complexity index is 282. The molecule has 6 heteroatoms. The van der Waals surface area contributed by atoms with Crippen molar-refractivity contribution < 1.29 is 4.79 Å². The van der Waals surface area contributed by atoms with Crippen LogP contribution in [-0.2, 0) is 11.3 Å². The average molecular weight is 183 g/mol. The lowest BCUT2D eigenvalue weighted by atomic mass is 10.4. The Morgan fingerprint density at radius 1 is 1.77 bits per heavy atom. The summed E-state index contributed by atoms with van der Waals surface area (Å²) in [7, 11) is 0. The van der Waals surface area contributed by atoms with Crippen LogP contribution in [-0.4, -0.2) is 27.4 Å². The molecule has 1 heterocycles. The number of aryl methyl sites for hydroxylation is 1. The highest BCUT2D eigenvalue weighted by Crippen LogP contribution is 1.92. The van der Waals surface area contributed by atoms with Gasteiger partial charge in [-0.3, -0.25) is 4.79 Å². The summed E-state index contributed by atoms with van der Waals surface area (Å²) >= 11 is 0. The lowest BCUT2D eigenvalue weighted by Gasteiger charge is -2.00. The van der Waals surface area contributed by atoms with E-state index in [-0.39, 0.29) is 5.91 Å². The fourth-order valence-corrected chi connectivity index (χ4v) is 0.906. The standard InChI is InChI=1S/C7H13N5O/c1-2-9-7(13)3-4-12-10-5-6(8)11-12/h5H,2-4H2,1H3,(H2,8,11)(H,9,13). The van der Waals surface area contributed by atoms with E-state index >= 15 is 0 Å². The Labute approximate surface area is 76.1 Å².